The van der Waals surface area contributed by atoms with Crippen molar-refractivity contribution >= 4 is 17.3 Å². The third-order valence-electron chi connectivity index (χ3n) is 3.35. The minimum absolute atomic E-state index is 0.0857. The summed E-state index contributed by atoms with van der Waals surface area (Å²) in [6, 6.07) is 2.55. The van der Waals surface area contributed by atoms with Crippen LogP contribution in [0.1, 0.15) is 30.1 Å². The summed E-state index contributed by atoms with van der Waals surface area (Å²) in [6.07, 6.45) is 2.28. The van der Waals surface area contributed by atoms with Gasteiger partial charge in [-0.05, 0) is 30.4 Å². The number of nitrogens with one attached hydrogen (secondary N) is 1. The second-order valence-corrected chi connectivity index (χ2v) is 5.08. The molecule has 1 aromatic rings. The van der Waals surface area contributed by atoms with Crippen molar-refractivity contribution in [3.05, 3.63) is 23.5 Å². The first kappa shape index (κ1) is 12.7. The highest BCUT2D eigenvalue weighted by Gasteiger charge is 2.37. The highest BCUT2D eigenvalue weighted by atomic mass is 19.1. The Morgan fingerprint density at radius 2 is 2.22 bits per heavy atom. The van der Waals surface area contributed by atoms with Gasteiger partial charge in [-0.15, -0.1) is 0 Å². The van der Waals surface area contributed by atoms with E-state index in [1.54, 1.807) is 0 Å². The van der Waals surface area contributed by atoms with Gasteiger partial charge >= 0.3 is 5.97 Å². The Hall–Kier alpha value is -1.78. The zero-order valence-corrected chi connectivity index (χ0v) is 10.5. The standard InChI is InChI=1S/C13H17FN2O2/c1-13(3-4-13)7-16-11-5-8(12(17)18-2)10(15)6-9(11)14/h5-6,16H,3-4,7,15H2,1-2H3. The summed E-state index contributed by atoms with van der Waals surface area (Å²) in [4.78, 5) is 11.5. The highest BCUT2D eigenvalue weighted by molar-refractivity contribution is 5.96. The summed E-state index contributed by atoms with van der Waals surface area (Å²) in [6.45, 7) is 2.82. The molecule has 18 heavy (non-hydrogen) atoms. The summed E-state index contributed by atoms with van der Waals surface area (Å²) in [5.74, 6) is -1.02. The lowest BCUT2D eigenvalue weighted by Crippen LogP contribution is -2.14. The Morgan fingerprint density at radius 1 is 1.56 bits per heavy atom. The Morgan fingerprint density at radius 3 is 2.78 bits per heavy atom. The van der Waals surface area contributed by atoms with Crippen LogP contribution >= 0.6 is 0 Å². The number of benzene rings is 1. The van der Waals surface area contributed by atoms with Crippen LogP contribution in [0.2, 0.25) is 0 Å². The van der Waals surface area contributed by atoms with Crippen LogP contribution in [0, 0.1) is 11.2 Å². The molecule has 0 radical (unpaired) electrons. The number of ether oxygens (including phenoxy) is 1. The first-order chi connectivity index (χ1) is 8.45. The van der Waals surface area contributed by atoms with Crippen LogP contribution in [0.15, 0.2) is 12.1 Å². The fourth-order valence-electron chi connectivity index (χ4n) is 1.71. The van der Waals surface area contributed by atoms with Crippen LogP contribution in [0.3, 0.4) is 0 Å². The number of hydrogen-bond acceptors (Lipinski definition) is 4. The third-order valence-corrected chi connectivity index (χ3v) is 3.35. The smallest absolute Gasteiger partial charge is 0.340 e. The van der Waals surface area contributed by atoms with Gasteiger partial charge in [0.15, 0.2) is 0 Å². The van der Waals surface area contributed by atoms with Crippen molar-refractivity contribution in [2.75, 3.05) is 24.7 Å². The second-order valence-electron chi connectivity index (χ2n) is 5.08. The number of halogens is 1. The van der Waals surface area contributed by atoms with Crippen LogP contribution in [-0.4, -0.2) is 19.6 Å². The molecule has 4 nitrogen and oxygen atoms in total. The molecular formula is C13H17FN2O2. The summed E-state index contributed by atoms with van der Waals surface area (Å²) in [5, 5.41) is 3.02. The predicted octanol–water partition coefficient (Wildman–Crippen LogP) is 2.41. The minimum Gasteiger partial charge on any atom is -0.465 e. The molecule has 2 rings (SSSR count). The first-order valence-electron chi connectivity index (χ1n) is 5.86. The number of anilines is 2. The molecule has 1 saturated carbocycles. The molecule has 5 heteroatoms. The van der Waals surface area contributed by atoms with E-state index in [-0.39, 0.29) is 22.4 Å². The average Bonchev–Trinajstić information content (AvgIpc) is 3.06. The molecule has 98 valence electrons. The lowest BCUT2D eigenvalue weighted by Gasteiger charge is -2.14. The Balaban J connectivity index is 2.20. The van der Waals surface area contributed by atoms with Crippen molar-refractivity contribution < 1.29 is 13.9 Å². The SMILES string of the molecule is COC(=O)c1cc(NCC2(C)CC2)c(F)cc1N. The first-order valence-corrected chi connectivity index (χ1v) is 5.86. The molecule has 1 aromatic carbocycles. The van der Waals surface area contributed by atoms with Gasteiger partial charge in [-0.2, -0.15) is 0 Å². The van der Waals surface area contributed by atoms with E-state index < -0.39 is 11.8 Å². The lowest BCUT2D eigenvalue weighted by atomic mass is 10.1. The molecule has 0 heterocycles. The van der Waals surface area contributed by atoms with E-state index in [0.29, 0.717) is 6.54 Å². The largest absolute Gasteiger partial charge is 0.465 e. The van der Waals surface area contributed by atoms with Crippen LogP contribution in [0.5, 0.6) is 0 Å². The number of hydrogen-bond donors (Lipinski definition) is 2. The fraction of sp³-hybridized carbons (Fsp3) is 0.462. The van der Waals surface area contributed by atoms with Crippen molar-refractivity contribution in [3.63, 3.8) is 0 Å². The topological polar surface area (TPSA) is 64.3 Å². The van der Waals surface area contributed by atoms with E-state index in [1.807, 2.05) is 0 Å². The van der Waals surface area contributed by atoms with E-state index in [9.17, 15) is 9.18 Å². The van der Waals surface area contributed by atoms with Crippen LogP contribution in [0.25, 0.3) is 0 Å². The monoisotopic (exact) mass is 252 g/mol. The van der Waals surface area contributed by atoms with Gasteiger partial charge in [0, 0.05) is 12.2 Å². The van der Waals surface area contributed by atoms with E-state index >= 15 is 0 Å². The van der Waals surface area contributed by atoms with Crippen molar-refractivity contribution in [3.8, 4) is 0 Å². The van der Waals surface area contributed by atoms with E-state index in [4.69, 9.17) is 5.73 Å². The molecule has 0 bridgehead atoms. The normalized spacial score (nSPS) is 16.2. The number of carbonyl (C=O) groups excluding carboxylic acids is 1. The third kappa shape index (κ3) is 2.55. The number of nitrogen functional groups attached to an aromatic ring is 1. The summed E-state index contributed by atoms with van der Waals surface area (Å²) in [5.41, 5.74) is 6.40. The van der Waals surface area contributed by atoms with Crippen molar-refractivity contribution in [1.82, 2.24) is 0 Å². The maximum absolute atomic E-state index is 13.7. The highest BCUT2D eigenvalue weighted by Crippen LogP contribution is 2.44. The van der Waals surface area contributed by atoms with Gasteiger partial charge in [0.1, 0.15) is 5.82 Å². The molecule has 0 unspecified atom stereocenters. The minimum atomic E-state index is -0.562. The summed E-state index contributed by atoms with van der Waals surface area (Å²) in [7, 11) is 1.27. The van der Waals surface area contributed by atoms with Crippen LogP contribution in [0.4, 0.5) is 15.8 Å². The molecule has 3 N–H and O–H groups in total. The van der Waals surface area contributed by atoms with E-state index in [2.05, 4.69) is 17.0 Å². The van der Waals surface area contributed by atoms with E-state index in [0.717, 1.165) is 18.9 Å². The van der Waals surface area contributed by atoms with Crippen molar-refractivity contribution in [2.24, 2.45) is 5.41 Å². The Labute approximate surface area is 105 Å². The maximum atomic E-state index is 13.7. The molecule has 1 aliphatic carbocycles. The number of methoxy groups -OCH3 is 1. The molecule has 0 atom stereocenters. The van der Waals surface area contributed by atoms with E-state index in [1.165, 1.54) is 13.2 Å². The fourth-order valence-corrected chi connectivity index (χ4v) is 1.71. The maximum Gasteiger partial charge on any atom is 0.340 e. The number of carbonyl (C=O) groups is 1. The molecule has 0 saturated heterocycles. The molecule has 0 amide bonds. The Bertz CT molecular complexity index is 484. The predicted molar refractivity (Wildman–Crippen MR) is 68.0 cm³/mol. The van der Waals surface area contributed by atoms with Crippen molar-refractivity contribution in [1.29, 1.82) is 0 Å². The van der Waals surface area contributed by atoms with Crippen LogP contribution < -0.4 is 11.1 Å². The molecule has 0 spiro atoms. The quantitative estimate of drug-likeness (QED) is 0.638. The van der Waals surface area contributed by atoms with Gasteiger partial charge in [0.25, 0.3) is 0 Å². The van der Waals surface area contributed by atoms with Crippen molar-refractivity contribution in [2.45, 2.75) is 19.8 Å². The van der Waals surface area contributed by atoms with Gasteiger partial charge in [-0.3, -0.25) is 0 Å². The molecule has 0 aliphatic heterocycles. The zero-order chi connectivity index (χ0) is 13.3. The summed E-state index contributed by atoms with van der Waals surface area (Å²) >= 11 is 0. The van der Waals surface area contributed by atoms with Gasteiger partial charge in [-0.1, -0.05) is 6.92 Å². The number of esters is 1. The number of rotatable bonds is 4. The number of nitrogens with two attached hydrogens (primary N) is 1. The zero-order valence-electron chi connectivity index (χ0n) is 10.5. The summed E-state index contributed by atoms with van der Waals surface area (Å²) < 4.78 is 18.3. The molecule has 1 aliphatic rings. The van der Waals surface area contributed by atoms with Gasteiger partial charge in [0.05, 0.1) is 18.4 Å². The molecule has 0 aromatic heterocycles. The molecular weight excluding hydrogens is 235 g/mol. The Kier molecular flexibility index (Phi) is 3.15. The van der Waals surface area contributed by atoms with Gasteiger partial charge in [-0.25, -0.2) is 9.18 Å². The van der Waals surface area contributed by atoms with Gasteiger partial charge in [0.2, 0.25) is 0 Å². The van der Waals surface area contributed by atoms with Crippen LogP contribution in [-0.2, 0) is 4.74 Å². The second kappa shape index (κ2) is 4.48. The lowest BCUT2D eigenvalue weighted by molar-refractivity contribution is 0.0602. The average molecular weight is 252 g/mol. The molecule has 1 fully saturated rings. The van der Waals surface area contributed by atoms with Gasteiger partial charge < -0.3 is 15.8 Å².